The molecular weight excluding hydrogens is 1350 g/mol. The Morgan fingerprint density at radius 3 is 1.01 bits per heavy atom. The average molecular weight is 1480 g/mol. The van der Waals surface area contributed by atoms with Crippen LogP contribution < -0.4 is 21.3 Å². The van der Waals surface area contributed by atoms with E-state index in [2.05, 4.69) is 21.3 Å². The van der Waals surface area contributed by atoms with Gasteiger partial charge in [0.25, 0.3) is 0 Å². The van der Waals surface area contributed by atoms with Crippen LogP contribution in [-0.4, -0.2) is 186 Å². The maximum absolute atomic E-state index is 14.1. The zero-order valence-corrected chi connectivity index (χ0v) is 63.8. The lowest BCUT2D eigenvalue weighted by atomic mass is 9.82. The molecule has 3 fully saturated rings. The number of carbonyl (C=O) groups excluding carboxylic acids is 11. The molecule has 0 aromatic heterocycles. The second-order valence-electron chi connectivity index (χ2n) is 28.1. The molecule has 0 radical (unpaired) electrons. The van der Waals surface area contributed by atoms with Crippen LogP contribution in [0.25, 0.3) is 0 Å². The van der Waals surface area contributed by atoms with Crippen molar-refractivity contribution in [1.29, 1.82) is 0 Å². The molecule has 0 spiro atoms. The Bertz CT molecular complexity index is 2560. The largest absolute Gasteiger partial charge is 0.463 e. The molecule has 28 nitrogen and oxygen atoms in total. The van der Waals surface area contributed by atoms with E-state index in [1.807, 2.05) is 71.9 Å². The molecule has 3 aliphatic rings. The van der Waals surface area contributed by atoms with Crippen LogP contribution in [0.5, 0.6) is 0 Å². The van der Waals surface area contributed by atoms with Crippen LogP contribution in [-0.2, 0) is 121 Å². The summed E-state index contributed by atoms with van der Waals surface area (Å²) in [6.45, 7) is 21.6. The van der Waals surface area contributed by atoms with Crippen LogP contribution >= 0.6 is 0 Å². The predicted octanol–water partition coefficient (Wildman–Crippen LogP) is 8.65. The summed E-state index contributed by atoms with van der Waals surface area (Å²) >= 11 is 0. The maximum Gasteiger partial charge on any atom is 0.306 e. The van der Waals surface area contributed by atoms with Gasteiger partial charge in [-0.25, -0.2) is 0 Å². The molecule has 28 heteroatoms. The fourth-order valence-corrected chi connectivity index (χ4v) is 12.9. The summed E-state index contributed by atoms with van der Waals surface area (Å²) in [5.41, 5.74) is -0.380. The zero-order valence-electron chi connectivity index (χ0n) is 63.8. The average Bonchev–Trinajstić information content (AvgIpc) is 0.818. The quantitative estimate of drug-likeness (QED) is 0.0269. The summed E-state index contributed by atoms with van der Waals surface area (Å²) in [4.78, 5) is 139. The van der Waals surface area contributed by atoms with Gasteiger partial charge in [-0.1, -0.05) is 110 Å². The first kappa shape index (κ1) is 89.5. The molecule has 0 aliphatic carbocycles. The molecular formula is C76H122N4O24. The maximum atomic E-state index is 14.1. The third kappa shape index (κ3) is 35.0. The number of ether oxygens (including phenoxy) is 13. The smallest absolute Gasteiger partial charge is 0.306 e. The van der Waals surface area contributed by atoms with Gasteiger partial charge < -0.3 is 82.8 Å². The van der Waals surface area contributed by atoms with Gasteiger partial charge in [0.1, 0.15) is 63.1 Å². The summed E-state index contributed by atoms with van der Waals surface area (Å²) in [6, 6.07) is 9.23. The molecule has 1 aromatic carbocycles. The van der Waals surface area contributed by atoms with Gasteiger partial charge in [0, 0.05) is 154 Å². The summed E-state index contributed by atoms with van der Waals surface area (Å²) in [5, 5.41) is 12.2. The normalized spacial score (nSPS) is 25.0. The Hall–Kier alpha value is -6.85. The zero-order chi connectivity index (χ0) is 76.6. The molecule has 3 heterocycles. The predicted molar refractivity (Wildman–Crippen MR) is 378 cm³/mol. The van der Waals surface area contributed by atoms with E-state index in [9.17, 15) is 52.7 Å². The van der Waals surface area contributed by atoms with Crippen molar-refractivity contribution in [3.8, 4) is 0 Å². The molecule has 4 rings (SSSR count). The van der Waals surface area contributed by atoms with E-state index < -0.39 is 109 Å². The van der Waals surface area contributed by atoms with E-state index in [0.717, 1.165) is 44.1 Å². The molecule has 104 heavy (non-hydrogen) atoms. The van der Waals surface area contributed by atoms with E-state index >= 15 is 0 Å². The second-order valence-corrected chi connectivity index (χ2v) is 28.1. The summed E-state index contributed by atoms with van der Waals surface area (Å²) in [6.07, 6.45) is 3.26. The SMILES string of the molecule is CC(=O)OCC1OC(OCCCCCCNC(=O)CCC(CCC(=O)NCCCCCCOC2OC(COC(C)=O)C(OC(C)=O)C(C)C2C)(CCC(=O)NCCCCCCOC2OC(COC(C)=O)C(OC(C)=O)C(C)C2C)NC(=O)CCCC(=O)OCc2ccccc2)C(C)C(C)C1OC(C)=O. The summed E-state index contributed by atoms with van der Waals surface area (Å²) < 4.78 is 74.8. The first-order chi connectivity index (χ1) is 49.6. The van der Waals surface area contributed by atoms with Crippen molar-refractivity contribution in [3.63, 3.8) is 0 Å². The number of nitrogens with one attached hydrogen (secondary N) is 4. The lowest BCUT2D eigenvalue weighted by Crippen LogP contribution is -2.53. The van der Waals surface area contributed by atoms with Gasteiger partial charge in [-0.05, 0) is 69.8 Å². The fraction of sp³-hybridized carbons (Fsp3) is 0.776. The van der Waals surface area contributed by atoms with E-state index in [1.54, 1.807) is 0 Å². The Labute approximate surface area is 614 Å². The van der Waals surface area contributed by atoms with Gasteiger partial charge in [-0.2, -0.15) is 0 Å². The van der Waals surface area contributed by atoms with E-state index in [4.69, 9.17) is 61.6 Å². The van der Waals surface area contributed by atoms with Gasteiger partial charge >= 0.3 is 41.8 Å². The van der Waals surface area contributed by atoms with Crippen LogP contribution in [0.15, 0.2) is 30.3 Å². The van der Waals surface area contributed by atoms with Crippen LogP contribution in [0.3, 0.4) is 0 Å². The fourth-order valence-electron chi connectivity index (χ4n) is 12.9. The molecule has 3 saturated heterocycles. The van der Waals surface area contributed by atoms with Gasteiger partial charge in [0.05, 0.1) is 0 Å². The lowest BCUT2D eigenvalue weighted by molar-refractivity contribution is -0.273. The Kier molecular flexibility index (Phi) is 42.3. The van der Waals surface area contributed by atoms with Crippen molar-refractivity contribution in [3.05, 3.63) is 35.9 Å². The molecule has 0 bridgehead atoms. The first-order valence-electron chi connectivity index (χ1n) is 37.6. The number of rotatable bonds is 49. The van der Waals surface area contributed by atoms with Crippen molar-refractivity contribution >= 4 is 65.4 Å². The van der Waals surface area contributed by atoms with E-state index in [-0.39, 0.29) is 137 Å². The summed E-state index contributed by atoms with van der Waals surface area (Å²) in [7, 11) is 0. The molecule has 3 aliphatic heterocycles. The van der Waals surface area contributed by atoms with Crippen molar-refractivity contribution in [2.75, 3.05) is 59.3 Å². The number of hydrogen-bond donors (Lipinski definition) is 4. The van der Waals surface area contributed by atoms with Crippen LogP contribution in [0, 0.1) is 35.5 Å². The van der Waals surface area contributed by atoms with E-state index in [0.29, 0.717) is 78.0 Å². The minimum Gasteiger partial charge on any atom is -0.463 e. The highest BCUT2D eigenvalue weighted by molar-refractivity contribution is 5.80. The number of amides is 4. The van der Waals surface area contributed by atoms with Gasteiger partial charge in [0.15, 0.2) is 18.9 Å². The first-order valence-corrected chi connectivity index (χ1v) is 37.6. The van der Waals surface area contributed by atoms with Crippen molar-refractivity contribution in [2.24, 2.45) is 35.5 Å². The second kappa shape index (κ2) is 49.1. The molecule has 4 N–H and O–H groups in total. The van der Waals surface area contributed by atoms with E-state index in [1.165, 1.54) is 41.5 Å². The minimum atomic E-state index is -1.20. The third-order valence-electron chi connectivity index (χ3n) is 19.6. The van der Waals surface area contributed by atoms with Gasteiger partial charge in [-0.3, -0.25) is 52.7 Å². The van der Waals surface area contributed by atoms with Crippen molar-refractivity contribution < 1.29 is 114 Å². The van der Waals surface area contributed by atoms with Crippen LogP contribution in [0.1, 0.15) is 223 Å². The minimum absolute atomic E-state index is 0.0295. The Balaban J connectivity index is 1.36. The number of carbonyl (C=O) groups is 11. The number of esters is 7. The molecule has 590 valence electrons. The number of unbranched alkanes of at least 4 members (excludes halogenated alkanes) is 9. The van der Waals surface area contributed by atoms with Crippen molar-refractivity contribution in [1.82, 2.24) is 21.3 Å². The van der Waals surface area contributed by atoms with Crippen LogP contribution in [0.4, 0.5) is 0 Å². The topological polar surface area (TPSA) is 356 Å². The Morgan fingerprint density at radius 1 is 0.365 bits per heavy atom. The number of benzene rings is 1. The standard InChI is InChI=1S/C76H122N4O24/c1-49-52(4)73(102-62(46-95-55(7)81)70(49)99-58(10)84)92-42-25-16-13-22-39-77-65(87)33-36-76(80-68(90)31-28-32-69(91)98-45-61-29-20-19-21-30-61,37-34-66(88)78-40-23-14-17-26-43-93-74-53(5)50(2)71(100-59(11)85)63(103-74)47-96-56(8)82)38-35-67(89)79-41-24-15-18-27-44-94-75-54(6)51(3)72(101-60(12)86)64(104-75)48-97-57(9)83/h19-21,29-30,49-54,62-64,70-75H,13-18,22-28,31-48H2,1-12H3,(H,77,87)(H,78,88)(H,79,89)(H,80,90). The lowest BCUT2D eigenvalue weighted by Gasteiger charge is -2.43. The third-order valence-corrected chi connectivity index (χ3v) is 19.6. The Morgan fingerprint density at radius 2 is 0.692 bits per heavy atom. The van der Waals surface area contributed by atoms with Crippen molar-refractivity contribution in [2.45, 2.75) is 286 Å². The molecule has 4 amide bonds. The molecule has 1 aromatic rings. The molecule has 15 unspecified atom stereocenters. The monoisotopic (exact) mass is 1470 g/mol. The van der Waals surface area contributed by atoms with Crippen LogP contribution in [0.2, 0.25) is 0 Å². The van der Waals surface area contributed by atoms with Gasteiger partial charge in [-0.15, -0.1) is 0 Å². The highest BCUT2D eigenvalue weighted by Crippen LogP contribution is 2.37. The molecule has 15 atom stereocenters. The van der Waals surface area contributed by atoms with Gasteiger partial charge in [0.2, 0.25) is 23.6 Å². The summed E-state index contributed by atoms with van der Waals surface area (Å²) in [5.74, 6) is -5.34. The number of hydrogen-bond acceptors (Lipinski definition) is 24. The highest BCUT2D eigenvalue weighted by atomic mass is 16.7. The molecule has 0 saturated carbocycles. The highest BCUT2D eigenvalue weighted by Gasteiger charge is 2.47.